The van der Waals surface area contributed by atoms with Gasteiger partial charge in [-0.1, -0.05) is 29.3 Å². The highest BCUT2D eigenvalue weighted by Gasteiger charge is 2.45. The quantitative estimate of drug-likeness (QED) is 0.833. The van der Waals surface area contributed by atoms with E-state index in [0.717, 1.165) is 6.08 Å². The fraction of sp³-hybridized carbons (Fsp3) is 0.308. The number of H-pyrrole nitrogens is 1. The summed E-state index contributed by atoms with van der Waals surface area (Å²) in [7, 11) is 0. The molecular weight excluding hydrogens is 326 g/mol. The van der Waals surface area contributed by atoms with Crippen LogP contribution < -0.4 is 4.90 Å². The van der Waals surface area contributed by atoms with Gasteiger partial charge in [0.15, 0.2) is 5.82 Å². The number of halogens is 5. The molecule has 0 amide bonds. The minimum Gasteiger partial charge on any atom is -0.339 e. The number of benzene rings is 1. The zero-order valence-corrected chi connectivity index (χ0v) is 12.1. The first-order valence-electron chi connectivity index (χ1n) is 6.20. The van der Waals surface area contributed by atoms with Crippen molar-refractivity contribution in [3.8, 4) is 0 Å². The van der Waals surface area contributed by atoms with Gasteiger partial charge in [0.1, 0.15) is 6.04 Å². The molecule has 3 rings (SSSR count). The third-order valence-corrected chi connectivity index (χ3v) is 4.02. The topological polar surface area (TPSA) is 31.9 Å². The third kappa shape index (κ3) is 2.58. The van der Waals surface area contributed by atoms with E-state index in [9.17, 15) is 13.2 Å². The van der Waals surface area contributed by atoms with E-state index >= 15 is 0 Å². The summed E-state index contributed by atoms with van der Waals surface area (Å²) in [6.45, 7) is 0.130. The molecule has 0 radical (unpaired) electrons. The Kier molecular flexibility index (Phi) is 3.53. The molecule has 0 spiro atoms. The molecule has 0 saturated heterocycles. The molecule has 0 bridgehead atoms. The fourth-order valence-electron chi connectivity index (χ4n) is 2.44. The lowest BCUT2D eigenvalue weighted by Gasteiger charge is -2.34. The second kappa shape index (κ2) is 5.10. The maximum atomic E-state index is 13.2. The highest BCUT2D eigenvalue weighted by atomic mass is 35.5. The Bertz CT molecular complexity index is 708. The van der Waals surface area contributed by atoms with Crippen LogP contribution >= 0.6 is 23.2 Å². The van der Waals surface area contributed by atoms with E-state index in [0.29, 0.717) is 22.3 Å². The third-order valence-electron chi connectivity index (χ3n) is 3.39. The molecule has 0 saturated carbocycles. The van der Waals surface area contributed by atoms with Gasteiger partial charge < -0.3 is 4.90 Å². The highest BCUT2D eigenvalue weighted by Crippen LogP contribution is 2.38. The van der Waals surface area contributed by atoms with Crippen LogP contribution in [0.5, 0.6) is 0 Å². The molecule has 1 aromatic heterocycles. The lowest BCUT2D eigenvalue weighted by atomic mass is 10.1. The summed E-state index contributed by atoms with van der Waals surface area (Å²) < 4.78 is 39.7. The van der Waals surface area contributed by atoms with E-state index in [2.05, 4.69) is 10.2 Å². The van der Waals surface area contributed by atoms with Crippen molar-refractivity contribution in [3.63, 3.8) is 0 Å². The molecule has 1 aromatic carbocycles. The first kappa shape index (κ1) is 14.5. The van der Waals surface area contributed by atoms with Crippen molar-refractivity contribution >= 4 is 39.9 Å². The molecule has 1 aliphatic heterocycles. The standard InChI is InChI=1S/C13H10Cl2F3N3/c14-7-4-5-21(10(6-7)13(16,17)18)12-11-8(15)2-1-3-9(11)19-20-12/h1-3,6,10H,4-5H2,(H,19,20). The van der Waals surface area contributed by atoms with E-state index in [1.165, 1.54) is 4.90 Å². The summed E-state index contributed by atoms with van der Waals surface area (Å²) in [6.07, 6.45) is -3.08. The average Bonchev–Trinajstić information content (AvgIpc) is 2.83. The van der Waals surface area contributed by atoms with Crippen molar-refractivity contribution in [2.75, 3.05) is 11.4 Å². The van der Waals surface area contributed by atoms with Gasteiger partial charge in [-0.25, -0.2) is 0 Å². The van der Waals surface area contributed by atoms with Gasteiger partial charge in [0.25, 0.3) is 0 Å². The number of nitrogens with one attached hydrogen (secondary N) is 1. The SMILES string of the molecule is FC(F)(F)C1C=C(Cl)CCN1c1n[nH]c2cccc(Cl)c12. The monoisotopic (exact) mass is 335 g/mol. The minimum atomic E-state index is -4.44. The predicted octanol–water partition coefficient (Wildman–Crippen LogP) is 4.48. The molecule has 1 N–H and O–H groups in total. The van der Waals surface area contributed by atoms with Crippen molar-refractivity contribution in [1.82, 2.24) is 10.2 Å². The summed E-state index contributed by atoms with van der Waals surface area (Å²) >= 11 is 11.9. The van der Waals surface area contributed by atoms with E-state index in [-0.39, 0.29) is 17.4 Å². The molecule has 8 heteroatoms. The first-order chi connectivity index (χ1) is 9.88. The van der Waals surface area contributed by atoms with Crippen LogP contribution in [0.15, 0.2) is 29.3 Å². The molecule has 0 aliphatic carbocycles. The fourth-order valence-corrected chi connectivity index (χ4v) is 2.90. The van der Waals surface area contributed by atoms with Gasteiger partial charge in [-0.3, -0.25) is 5.10 Å². The Morgan fingerprint density at radius 2 is 2.05 bits per heavy atom. The van der Waals surface area contributed by atoms with Crippen molar-refractivity contribution in [1.29, 1.82) is 0 Å². The molecule has 3 nitrogen and oxygen atoms in total. The van der Waals surface area contributed by atoms with Gasteiger partial charge in [0.05, 0.1) is 15.9 Å². The summed E-state index contributed by atoms with van der Waals surface area (Å²) in [4.78, 5) is 1.18. The van der Waals surface area contributed by atoms with Crippen LogP contribution in [-0.2, 0) is 0 Å². The summed E-state index contributed by atoms with van der Waals surface area (Å²) in [5.41, 5.74) is 0.596. The largest absolute Gasteiger partial charge is 0.412 e. The number of hydrogen-bond donors (Lipinski definition) is 1. The van der Waals surface area contributed by atoms with Crippen LogP contribution in [0, 0.1) is 0 Å². The van der Waals surface area contributed by atoms with Gasteiger partial charge >= 0.3 is 6.18 Å². The van der Waals surface area contributed by atoms with E-state index < -0.39 is 12.2 Å². The van der Waals surface area contributed by atoms with Crippen molar-refractivity contribution in [2.24, 2.45) is 0 Å². The van der Waals surface area contributed by atoms with E-state index in [1.54, 1.807) is 18.2 Å². The number of anilines is 1. The molecule has 2 aromatic rings. The lowest BCUT2D eigenvalue weighted by molar-refractivity contribution is -0.138. The average molecular weight is 336 g/mol. The van der Waals surface area contributed by atoms with Gasteiger partial charge in [0.2, 0.25) is 0 Å². The van der Waals surface area contributed by atoms with Gasteiger partial charge in [-0.2, -0.15) is 18.3 Å². The molecule has 112 valence electrons. The number of fused-ring (bicyclic) bond motifs is 1. The minimum absolute atomic E-state index is 0.130. The normalized spacial score (nSPS) is 20.0. The Morgan fingerprint density at radius 1 is 1.29 bits per heavy atom. The number of aromatic amines is 1. The van der Waals surface area contributed by atoms with Gasteiger partial charge in [-0.05, 0) is 18.2 Å². The maximum Gasteiger partial charge on any atom is 0.412 e. The molecule has 0 fully saturated rings. The number of rotatable bonds is 1. The second-order valence-electron chi connectivity index (χ2n) is 4.75. The zero-order valence-electron chi connectivity index (χ0n) is 10.6. The smallest absolute Gasteiger partial charge is 0.339 e. The summed E-state index contributed by atoms with van der Waals surface area (Å²) in [5, 5.41) is 7.78. The van der Waals surface area contributed by atoms with Crippen molar-refractivity contribution in [3.05, 3.63) is 34.3 Å². The van der Waals surface area contributed by atoms with Crippen LogP contribution in [0.4, 0.5) is 19.0 Å². The molecule has 1 atom stereocenters. The van der Waals surface area contributed by atoms with Crippen LogP contribution in [0.1, 0.15) is 6.42 Å². The summed E-state index contributed by atoms with van der Waals surface area (Å²) in [6, 6.07) is 3.24. The second-order valence-corrected chi connectivity index (χ2v) is 5.65. The Labute approximate surface area is 128 Å². The predicted molar refractivity (Wildman–Crippen MR) is 76.8 cm³/mol. The number of nitrogens with zero attached hydrogens (tertiary/aromatic N) is 2. The van der Waals surface area contributed by atoms with Gasteiger partial charge in [0, 0.05) is 18.0 Å². The first-order valence-corrected chi connectivity index (χ1v) is 6.95. The summed E-state index contributed by atoms with van der Waals surface area (Å²) in [5.74, 6) is 0.193. The lowest BCUT2D eigenvalue weighted by Crippen LogP contribution is -2.47. The number of alkyl halides is 3. The van der Waals surface area contributed by atoms with E-state index in [4.69, 9.17) is 23.2 Å². The van der Waals surface area contributed by atoms with Crippen LogP contribution in [0.3, 0.4) is 0 Å². The maximum absolute atomic E-state index is 13.2. The molecule has 2 heterocycles. The Morgan fingerprint density at radius 3 is 2.76 bits per heavy atom. The highest BCUT2D eigenvalue weighted by molar-refractivity contribution is 6.36. The number of aromatic nitrogens is 2. The molecule has 1 aliphatic rings. The zero-order chi connectivity index (χ0) is 15.2. The van der Waals surface area contributed by atoms with Crippen LogP contribution in [-0.4, -0.2) is 29.0 Å². The Hall–Kier alpha value is -1.40. The van der Waals surface area contributed by atoms with Gasteiger partial charge in [-0.15, -0.1) is 0 Å². The van der Waals surface area contributed by atoms with Crippen molar-refractivity contribution < 1.29 is 13.2 Å². The molecular formula is C13H10Cl2F3N3. The van der Waals surface area contributed by atoms with Crippen LogP contribution in [0.25, 0.3) is 10.9 Å². The number of hydrogen-bond acceptors (Lipinski definition) is 2. The molecule has 1 unspecified atom stereocenters. The van der Waals surface area contributed by atoms with E-state index in [1.807, 2.05) is 0 Å². The Balaban J connectivity index is 2.13. The molecule has 21 heavy (non-hydrogen) atoms. The van der Waals surface area contributed by atoms with Crippen molar-refractivity contribution in [2.45, 2.75) is 18.6 Å². The van der Waals surface area contributed by atoms with Crippen LogP contribution in [0.2, 0.25) is 5.02 Å².